The fraction of sp³-hybridized carbons (Fsp3) is 0.667. The third-order valence-corrected chi connectivity index (χ3v) is 4.09. The maximum Gasteiger partial charge on any atom is 0.222 e. The molecule has 0 bridgehead atoms. The van der Waals surface area contributed by atoms with Crippen molar-refractivity contribution in [2.45, 2.75) is 30.9 Å². The average Bonchev–Trinajstić information content (AvgIpc) is 2.56. The van der Waals surface area contributed by atoms with Gasteiger partial charge in [0.25, 0.3) is 0 Å². The first-order valence-corrected chi connectivity index (χ1v) is 5.44. The molecular weight excluding hydrogens is 184 g/mol. The Hall–Kier alpha value is -0.640. The second-order valence-corrected chi connectivity index (χ2v) is 5.70. The van der Waals surface area contributed by atoms with Crippen LogP contribution in [0.3, 0.4) is 0 Å². The van der Waals surface area contributed by atoms with Gasteiger partial charge in [-0.25, -0.2) is 0 Å². The van der Waals surface area contributed by atoms with Crippen molar-refractivity contribution in [2.75, 3.05) is 11.5 Å². The van der Waals surface area contributed by atoms with Gasteiger partial charge in [0.15, 0.2) is 0 Å². The summed E-state index contributed by atoms with van der Waals surface area (Å²) in [6.07, 6.45) is 1.17. The van der Waals surface area contributed by atoms with E-state index in [0.717, 1.165) is 5.69 Å². The Kier molecular flexibility index (Phi) is 2.02. The smallest absolute Gasteiger partial charge is 0.222 e. The van der Waals surface area contributed by atoms with E-state index in [0.29, 0.717) is 11.8 Å². The highest BCUT2D eigenvalue weighted by molar-refractivity contribution is 8.00. The summed E-state index contributed by atoms with van der Waals surface area (Å²) in [7, 11) is 0. The van der Waals surface area contributed by atoms with E-state index < -0.39 is 0 Å². The third-order valence-electron chi connectivity index (χ3n) is 2.62. The van der Waals surface area contributed by atoms with Crippen molar-refractivity contribution in [2.24, 2.45) is 0 Å². The number of nitrogens with two attached hydrogens (primary N) is 1. The first-order chi connectivity index (χ1) is 6.09. The van der Waals surface area contributed by atoms with Crippen molar-refractivity contribution in [3.05, 3.63) is 11.8 Å². The summed E-state index contributed by atoms with van der Waals surface area (Å²) in [5, 5.41) is 3.98. The quantitative estimate of drug-likeness (QED) is 0.752. The zero-order valence-corrected chi connectivity index (χ0v) is 8.73. The van der Waals surface area contributed by atoms with E-state index in [1.165, 1.54) is 12.2 Å². The second kappa shape index (κ2) is 2.94. The Balaban J connectivity index is 2.26. The van der Waals surface area contributed by atoms with Crippen LogP contribution < -0.4 is 5.73 Å². The number of hydrogen-bond acceptors (Lipinski definition) is 4. The molecule has 1 aliphatic heterocycles. The Bertz CT molecular complexity index is 308. The molecule has 0 aromatic carbocycles. The van der Waals surface area contributed by atoms with E-state index in [9.17, 15) is 0 Å². The van der Waals surface area contributed by atoms with Crippen LogP contribution in [0.2, 0.25) is 0 Å². The van der Waals surface area contributed by atoms with Crippen LogP contribution in [-0.2, 0) is 0 Å². The first-order valence-electron chi connectivity index (χ1n) is 4.45. The number of rotatable bonds is 1. The molecule has 0 saturated carbocycles. The van der Waals surface area contributed by atoms with Crippen LogP contribution in [0.25, 0.3) is 0 Å². The number of nitrogens with zero attached hydrogens (tertiary/aromatic N) is 1. The molecule has 13 heavy (non-hydrogen) atoms. The topological polar surface area (TPSA) is 52.0 Å². The van der Waals surface area contributed by atoms with E-state index in [-0.39, 0.29) is 4.75 Å². The fourth-order valence-electron chi connectivity index (χ4n) is 1.86. The maximum absolute atomic E-state index is 5.50. The van der Waals surface area contributed by atoms with E-state index in [2.05, 4.69) is 19.0 Å². The van der Waals surface area contributed by atoms with Crippen LogP contribution >= 0.6 is 11.8 Å². The van der Waals surface area contributed by atoms with E-state index in [1.807, 2.05) is 17.8 Å². The summed E-state index contributed by atoms with van der Waals surface area (Å²) >= 11 is 1.99. The molecule has 2 rings (SSSR count). The Labute approximate surface area is 82.0 Å². The predicted octanol–water partition coefficient (Wildman–Crippen LogP) is 2.26. The lowest BCUT2D eigenvalue weighted by molar-refractivity contribution is 0.410. The molecule has 1 unspecified atom stereocenters. The van der Waals surface area contributed by atoms with Crippen LogP contribution in [0.1, 0.15) is 31.9 Å². The molecule has 4 heteroatoms. The Morgan fingerprint density at radius 2 is 2.46 bits per heavy atom. The van der Waals surface area contributed by atoms with Gasteiger partial charge in [-0.3, -0.25) is 0 Å². The minimum absolute atomic E-state index is 0.267. The summed E-state index contributed by atoms with van der Waals surface area (Å²) in [5.74, 6) is 2.10. The van der Waals surface area contributed by atoms with Crippen molar-refractivity contribution < 1.29 is 4.52 Å². The monoisotopic (exact) mass is 198 g/mol. The number of anilines is 1. The summed E-state index contributed by atoms with van der Waals surface area (Å²) in [5.41, 5.74) is 6.51. The molecule has 1 fully saturated rings. The van der Waals surface area contributed by atoms with E-state index in [1.54, 1.807) is 0 Å². The van der Waals surface area contributed by atoms with Gasteiger partial charge in [-0.15, -0.1) is 0 Å². The number of thioether (sulfide) groups is 1. The van der Waals surface area contributed by atoms with Crippen molar-refractivity contribution in [1.82, 2.24) is 5.16 Å². The molecule has 3 nitrogen and oxygen atoms in total. The zero-order chi connectivity index (χ0) is 9.47. The van der Waals surface area contributed by atoms with Gasteiger partial charge in [0, 0.05) is 16.7 Å². The molecule has 2 N–H and O–H groups in total. The molecule has 72 valence electrons. The van der Waals surface area contributed by atoms with Gasteiger partial charge >= 0.3 is 0 Å². The predicted molar refractivity (Wildman–Crippen MR) is 54.8 cm³/mol. The molecule has 2 heterocycles. The standard InChI is InChI=1S/C9H14N2OS/c1-9(2)6(3-4-13-9)7-5-8(10)12-11-7/h5-6H,3-4,10H2,1-2H3. The number of aromatic nitrogens is 1. The second-order valence-electron chi connectivity index (χ2n) is 3.95. The molecule has 1 aromatic heterocycles. The zero-order valence-electron chi connectivity index (χ0n) is 7.91. The maximum atomic E-state index is 5.50. The molecule has 1 aromatic rings. The van der Waals surface area contributed by atoms with Gasteiger partial charge in [0.05, 0.1) is 5.69 Å². The summed E-state index contributed by atoms with van der Waals surface area (Å²) in [4.78, 5) is 0. The van der Waals surface area contributed by atoms with Gasteiger partial charge in [0.2, 0.25) is 5.88 Å². The van der Waals surface area contributed by atoms with Crippen molar-refractivity contribution in [1.29, 1.82) is 0 Å². The van der Waals surface area contributed by atoms with Gasteiger partial charge < -0.3 is 10.3 Å². The Morgan fingerprint density at radius 1 is 1.69 bits per heavy atom. The number of hydrogen-bond donors (Lipinski definition) is 1. The number of nitrogen functional groups attached to an aromatic ring is 1. The van der Waals surface area contributed by atoms with Gasteiger partial charge in [-0.2, -0.15) is 11.8 Å². The van der Waals surface area contributed by atoms with Crippen LogP contribution in [0, 0.1) is 0 Å². The van der Waals surface area contributed by atoms with Crippen molar-refractivity contribution >= 4 is 17.6 Å². The molecule has 0 radical (unpaired) electrons. The molecule has 0 spiro atoms. The lowest BCUT2D eigenvalue weighted by Gasteiger charge is -2.23. The molecule has 1 aliphatic rings. The first kappa shape index (κ1) is 8.94. The summed E-state index contributed by atoms with van der Waals surface area (Å²) in [6.45, 7) is 4.50. The lowest BCUT2D eigenvalue weighted by Crippen LogP contribution is -2.20. The highest BCUT2D eigenvalue weighted by atomic mass is 32.2. The minimum atomic E-state index is 0.267. The van der Waals surface area contributed by atoms with Crippen LogP contribution in [0.5, 0.6) is 0 Å². The van der Waals surface area contributed by atoms with Crippen molar-refractivity contribution in [3.63, 3.8) is 0 Å². The van der Waals surface area contributed by atoms with Crippen LogP contribution in [-0.4, -0.2) is 15.7 Å². The largest absolute Gasteiger partial charge is 0.368 e. The normalized spacial score (nSPS) is 26.5. The SMILES string of the molecule is CC1(C)SCCC1c1cc(N)on1. The molecule has 1 saturated heterocycles. The van der Waals surface area contributed by atoms with Gasteiger partial charge in [-0.1, -0.05) is 19.0 Å². The highest BCUT2D eigenvalue weighted by Gasteiger charge is 2.38. The summed E-state index contributed by atoms with van der Waals surface area (Å²) < 4.78 is 5.16. The third kappa shape index (κ3) is 1.55. The Morgan fingerprint density at radius 3 is 2.92 bits per heavy atom. The molecule has 0 amide bonds. The summed E-state index contributed by atoms with van der Waals surface area (Å²) in [6, 6.07) is 1.85. The molecular formula is C9H14N2OS. The highest BCUT2D eigenvalue weighted by Crippen LogP contribution is 2.47. The van der Waals surface area contributed by atoms with Crippen molar-refractivity contribution in [3.8, 4) is 0 Å². The van der Waals surface area contributed by atoms with E-state index in [4.69, 9.17) is 10.3 Å². The minimum Gasteiger partial charge on any atom is -0.368 e. The lowest BCUT2D eigenvalue weighted by atomic mass is 9.90. The van der Waals surface area contributed by atoms with Gasteiger partial charge in [-0.05, 0) is 12.2 Å². The fourth-order valence-corrected chi connectivity index (χ4v) is 3.18. The van der Waals surface area contributed by atoms with Crippen LogP contribution in [0.15, 0.2) is 10.6 Å². The molecule has 0 aliphatic carbocycles. The van der Waals surface area contributed by atoms with E-state index >= 15 is 0 Å². The van der Waals surface area contributed by atoms with Gasteiger partial charge in [0.1, 0.15) is 0 Å². The average molecular weight is 198 g/mol. The van der Waals surface area contributed by atoms with Crippen LogP contribution in [0.4, 0.5) is 5.88 Å². The molecule has 1 atom stereocenters.